The molecule has 2 nitrogen and oxygen atoms in total. The molecule has 0 saturated heterocycles. The van der Waals surface area contributed by atoms with Crippen molar-refractivity contribution in [3.8, 4) is 0 Å². The largest absolute Gasteiger partial charge is 0.416 e. The summed E-state index contributed by atoms with van der Waals surface area (Å²) in [7, 11) is 1.90. The van der Waals surface area contributed by atoms with Crippen LogP contribution in [0.25, 0.3) is 0 Å². The molecule has 0 spiro atoms. The Kier molecular flexibility index (Phi) is 3.41. The van der Waals surface area contributed by atoms with E-state index >= 15 is 0 Å². The maximum atomic E-state index is 12.5. The van der Waals surface area contributed by atoms with E-state index in [1.54, 1.807) is 0 Å². The van der Waals surface area contributed by atoms with E-state index in [1.165, 1.54) is 18.9 Å². The standard InChI is InChI=1S/C13H17F3N2/c1-18(10-4-2-3-5-10)12-7-6-9(8-11(12)17)13(14,15)16/h6-8,10H,2-5,17H2,1H3. The lowest BCUT2D eigenvalue weighted by atomic mass is 10.1. The van der Waals surface area contributed by atoms with E-state index in [-0.39, 0.29) is 5.69 Å². The van der Waals surface area contributed by atoms with Gasteiger partial charge in [0.25, 0.3) is 0 Å². The molecule has 0 heterocycles. The van der Waals surface area contributed by atoms with Gasteiger partial charge < -0.3 is 10.6 Å². The predicted molar refractivity (Wildman–Crippen MR) is 66.5 cm³/mol. The van der Waals surface area contributed by atoms with Gasteiger partial charge in [-0.25, -0.2) is 0 Å². The van der Waals surface area contributed by atoms with E-state index in [0.29, 0.717) is 11.7 Å². The Labute approximate surface area is 105 Å². The summed E-state index contributed by atoms with van der Waals surface area (Å²) in [5, 5.41) is 0. The van der Waals surface area contributed by atoms with Crippen molar-refractivity contribution in [1.29, 1.82) is 0 Å². The average Bonchev–Trinajstić information content (AvgIpc) is 2.80. The molecule has 0 radical (unpaired) electrons. The Balaban J connectivity index is 2.24. The van der Waals surface area contributed by atoms with Gasteiger partial charge in [0.2, 0.25) is 0 Å². The highest BCUT2D eigenvalue weighted by Crippen LogP contribution is 2.35. The number of nitrogens with zero attached hydrogens (tertiary/aromatic N) is 1. The molecule has 1 aromatic carbocycles. The molecule has 1 saturated carbocycles. The molecule has 100 valence electrons. The Hall–Kier alpha value is -1.39. The normalized spacial score (nSPS) is 17.1. The number of alkyl halides is 3. The Morgan fingerprint density at radius 2 is 1.83 bits per heavy atom. The van der Waals surface area contributed by atoms with E-state index in [0.717, 1.165) is 25.0 Å². The summed E-state index contributed by atoms with van der Waals surface area (Å²) in [4.78, 5) is 2.00. The van der Waals surface area contributed by atoms with E-state index in [1.807, 2.05) is 11.9 Å². The van der Waals surface area contributed by atoms with Crippen LogP contribution in [0.4, 0.5) is 24.5 Å². The summed E-state index contributed by atoms with van der Waals surface area (Å²) >= 11 is 0. The topological polar surface area (TPSA) is 29.3 Å². The summed E-state index contributed by atoms with van der Waals surface area (Å²) in [5.41, 5.74) is 5.94. The molecule has 0 unspecified atom stereocenters. The van der Waals surface area contributed by atoms with Crippen LogP contribution in [-0.2, 0) is 6.18 Å². The minimum Gasteiger partial charge on any atom is -0.397 e. The summed E-state index contributed by atoms with van der Waals surface area (Å²) < 4.78 is 37.6. The molecule has 0 atom stereocenters. The molecule has 0 amide bonds. The fraction of sp³-hybridized carbons (Fsp3) is 0.538. The van der Waals surface area contributed by atoms with Gasteiger partial charge in [-0.3, -0.25) is 0 Å². The van der Waals surface area contributed by atoms with Gasteiger partial charge in [0.15, 0.2) is 0 Å². The number of benzene rings is 1. The summed E-state index contributed by atoms with van der Waals surface area (Å²) in [6.45, 7) is 0. The third kappa shape index (κ3) is 2.54. The third-order valence-electron chi connectivity index (χ3n) is 3.61. The predicted octanol–water partition coefficient (Wildman–Crippen LogP) is 3.67. The van der Waals surface area contributed by atoms with Crippen LogP contribution in [0.3, 0.4) is 0 Å². The quantitative estimate of drug-likeness (QED) is 0.820. The number of rotatable bonds is 2. The van der Waals surface area contributed by atoms with Crippen molar-refractivity contribution in [3.63, 3.8) is 0 Å². The molecule has 0 aromatic heterocycles. The maximum absolute atomic E-state index is 12.5. The molecule has 2 rings (SSSR count). The highest BCUT2D eigenvalue weighted by molar-refractivity contribution is 5.68. The first-order valence-corrected chi connectivity index (χ1v) is 6.09. The Morgan fingerprint density at radius 3 is 2.33 bits per heavy atom. The lowest BCUT2D eigenvalue weighted by Crippen LogP contribution is -2.29. The molecule has 1 aliphatic carbocycles. The third-order valence-corrected chi connectivity index (χ3v) is 3.61. The highest BCUT2D eigenvalue weighted by atomic mass is 19.4. The molecular formula is C13H17F3N2. The van der Waals surface area contributed by atoms with Crippen molar-refractivity contribution in [2.24, 2.45) is 0 Å². The molecular weight excluding hydrogens is 241 g/mol. The van der Waals surface area contributed by atoms with Crippen molar-refractivity contribution in [2.45, 2.75) is 37.9 Å². The number of anilines is 2. The second-order valence-electron chi connectivity index (χ2n) is 4.82. The Bertz CT molecular complexity index is 423. The zero-order chi connectivity index (χ0) is 13.3. The molecule has 0 bridgehead atoms. The van der Waals surface area contributed by atoms with Gasteiger partial charge in [-0.1, -0.05) is 12.8 Å². The zero-order valence-corrected chi connectivity index (χ0v) is 10.3. The van der Waals surface area contributed by atoms with Crippen LogP contribution in [0.5, 0.6) is 0 Å². The maximum Gasteiger partial charge on any atom is 0.416 e. The number of nitrogens with two attached hydrogens (primary N) is 1. The highest BCUT2D eigenvalue weighted by Gasteiger charge is 2.31. The SMILES string of the molecule is CN(c1ccc(C(F)(F)F)cc1N)C1CCCC1. The van der Waals surface area contributed by atoms with Gasteiger partial charge in [-0.15, -0.1) is 0 Å². The van der Waals surface area contributed by atoms with Crippen molar-refractivity contribution < 1.29 is 13.2 Å². The fourth-order valence-corrected chi connectivity index (χ4v) is 2.54. The van der Waals surface area contributed by atoms with E-state index in [2.05, 4.69) is 0 Å². The molecule has 5 heteroatoms. The first-order valence-electron chi connectivity index (χ1n) is 6.09. The summed E-state index contributed by atoms with van der Waals surface area (Å²) in [5.74, 6) is 0. The lowest BCUT2D eigenvalue weighted by molar-refractivity contribution is -0.137. The van der Waals surface area contributed by atoms with Crippen LogP contribution >= 0.6 is 0 Å². The smallest absolute Gasteiger partial charge is 0.397 e. The van der Waals surface area contributed by atoms with E-state index in [9.17, 15) is 13.2 Å². The monoisotopic (exact) mass is 258 g/mol. The first kappa shape index (κ1) is 13.1. The van der Waals surface area contributed by atoms with Gasteiger partial charge in [-0.2, -0.15) is 13.2 Å². The van der Waals surface area contributed by atoms with Gasteiger partial charge in [0, 0.05) is 13.1 Å². The van der Waals surface area contributed by atoms with Crippen LogP contribution in [0.1, 0.15) is 31.2 Å². The van der Waals surface area contributed by atoms with E-state index in [4.69, 9.17) is 5.73 Å². The first-order chi connectivity index (χ1) is 8.39. The lowest BCUT2D eigenvalue weighted by Gasteiger charge is -2.28. The van der Waals surface area contributed by atoms with Gasteiger partial charge in [-0.05, 0) is 31.0 Å². The van der Waals surface area contributed by atoms with Crippen LogP contribution in [-0.4, -0.2) is 13.1 Å². The molecule has 1 fully saturated rings. The van der Waals surface area contributed by atoms with E-state index < -0.39 is 11.7 Å². The van der Waals surface area contributed by atoms with Gasteiger partial charge >= 0.3 is 6.18 Å². The minimum atomic E-state index is -4.33. The van der Waals surface area contributed by atoms with Crippen molar-refractivity contribution in [3.05, 3.63) is 23.8 Å². The van der Waals surface area contributed by atoms with Crippen LogP contribution in [0.2, 0.25) is 0 Å². The molecule has 18 heavy (non-hydrogen) atoms. The minimum absolute atomic E-state index is 0.194. The molecule has 0 aliphatic heterocycles. The Morgan fingerprint density at radius 1 is 1.22 bits per heavy atom. The van der Waals surface area contributed by atoms with Crippen LogP contribution in [0, 0.1) is 0 Å². The second-order valence-corrected chi connectivity index (χ2v) is 4.82. The van der Waals surface area contributed by atoms with Crippen LogP contribution < -0.4 is 10.6 Å². The van der Waals surface area contributed by atoms with Gasteiger partial charge in [0.05, 0.1) is 16.9 Å². The number of halogens is 3. The number of nitrogen functional groups attached to an aromatic ring is 1. The summed E-state index contributed by atoms with van der Waals surface area (Å²) in [6, 6.07) is 3.97. The van der Waals surface area contributed by atoms with Crippen molar-refractivity contribution in [1.82, 2.24) is 0 Å². The fourth-order valence-electron chi connectivity index (χ4n) is 2.54. The van der Waals surface area contributed by atoms with Crippen LogP contribution in [0.15, 0.2) is 18.2 Å². The van der Waals surface area contributed by atoms with Crippen molar-refractivity contribution in [2.75, 3.05) is 17.7 Å². The number of hydrogen-bond donors (Lipinski definition) is 1. The molecule has 2 N–H and O–H groups in total. The van der Waals surface area contributed by atoms with Gasteiger partial charge in [0.1, 0.15) is 0 Å². The van der Waals surface area contributed by atoms with Crippen molar-refractivity contribution >= 4 is 11.4 Å². The molecule has 1 aliphatic rings. The zero-order valence-electron chi connectivity index (χ0n) is 10.3. The molecule has 1 aromatic rings. The average molecular weight is 258 g/mol. The second kappa shape index (κ2) is 4.71. The number of hydrogen-bond acceptors (Lipinski definition) is 2. The summed E-state index contributed by atoms with van der Waals surface area (Å²) in [6.07, 6.45) is 0.178.